The quantitative estimate of drug-likeness (QED) is 0.674. The fourth-order valence-corrected chi connectivity index (χ4v) is 3.23. The molecule has 0 radical (unpaired) electrons. The molecular formula is C15H28N2O3. The summed E-state index contributed by atoms with van der Waals surface area (Å²) in [6.07, 6.45) is 7.27. The third kappa shape index (κ3) is 4.63. The average Bonchev–Trinajstić information content (AvgIpc) is 2.82. The summed E-state index contributed by atoms with van der Waals surface area (Å²) < 4.78 is 5.41. The largest absolute Gasteiger partial charge is 0.393 e. The van der Waals surface area contributed by atoms with Crippen molar-refractivity contribution in [3.63, 3.8) is 0 Å². The van der Waals surface area contributed by atoms with Crippen LogP contribution in [-0.2, 0) is 4.74 Å². The average molecular weight is 284 g/mol. The molecule has 0 aromatic carbocycles. The van der Waals surface area contributed by atoms with Crippen molar-refractivity contribution < 1.29 is 14.6 Å². The lowest BCUT2D eigenvalue weighted by molar-refractivity contribution is 0.0644. The maximum absolute atomic E-state index is 11.7. The van der Waals surface area contributed by atoms with E-state index in [1.165, 1.54) is 6.42 Å². The summed E-state index contributed by atoms with van der Waals surface area (Å²) in [7, 11) is 0. The molecule has 2 fully saturated rings. The maximum atomic E-state index is 11.7. The van der Waals surface area contributed by atoms with Gasteiger partial charge in [-0.1, -0.05) is 12.8 Å². The van der Waals surface area contributed by atoms with Crippen molar-refractivity contribution in [2.45, 2.75) is 70.1 Å². The molecule has 1 heterocycles. The van der Waals surface area contributed by atoms with Crippen LogP contribution in [0.2, 0.25) is 0 Å². The fourth-order valence-electron chi connectivity index (χ4n) is 3.23. The molecule has 4 unspecified atom stereocenters. The Hall–Kier alpha value is -0.810. The van der Waals surface area contributed by atoms with E-state index in [9.17, 15) is 9.90 Å². The van der Waals surface area contributed by atoms with Crippen molar-refractivity contribution in [1.82, 2.24) is 10.6 Å². The van der Waals surface area contributed by atoms with Gasteiger partial charge >= 0.3 is 6.03 Å². The SMILES string of the molecule is CC1OCCC1NC(=O)NCCCC1CCCCC1O. The lowest BCUT2D eigenvalue weighted by Gasteiger charge is -2.27. The van der Waals surface area contributed by atoms with Gasteiger partial charge in [-0.15, -0.1) is 0 Å². The molecule has 4 atom stereocenters. The Morgan fingerprint density at radius 1 is 1.30 bits per heavy atom. The number of hydrogen-bond donors (Lipinski definition) is 3. The Morgan fingerprint density at radius 2 is 2.10 bits per heavy atom. The van der Waals surface area contributed by atoms with Gasteiger partial charge in [0, 0.05) is 13.2 Å². The number of urea groups is 1. The predicted molar refractivity (Wildman–Crippen MR) is 77.6 cm³/mol. The van der Waals surface area contributed by atoms with Crippen molar-refractivity contribution in [3.8, 4) is 0 Å². The van der Waals surface area contributed by atoms with Crippen molar-refractivity contribution in [2.24, 2.45) is 5.92 Å². The number of amides is 2. The first-order chi connectivity index (χ1) is 9.66. The van der Waals surface area contributed by atoms with Crippen molar-refractivity contribution in [3.05, 3.63) is 0 Å². The topological polar surface area (TPSA) is 70.6 Å². The molecule has 0 aromatic heterocycles. The number of carbonyl (C=O) groups is 1. The van der Waals surface area contributed by atoms with Crippen LogP contribution in [0.5, 0.6) is 0 Å². The summed E-state index contributed by atoms with van der Waals surface area (Å²) in [5.74, 6) is 0.428. The monoisotopic (exact) mass is 284 g/mol. The molecule has 116 valence electrons. The Balaban J connectivity index is 1.55. The van der Waals surface area contributed by atoms with E-state index in [4.69, 9.17) is 4.74 Å². The molecule has 0 aromatic rings. The van der Waals surface area contributed by atoms with Gasteiger partial charge in [0.05, 0.1) is 18.2 Å². The second-order valence-electron chi connectivity index (χ2n) is 6.13. The van der Waals surface area contributed by atoms with E-state index < -0.39 is 0 Å². The molecule has 2 aliphatic rings. The van der Waals surface area contributed by atoms with Crippen LogP contribution < -0.4 is 10.6 Å². The third-order valence-corrected chi connectivity index (χ3v) is 4.60. The van der Waals surface area contributed by atoms with Gasteiger partial charge in [-0.25, -0.2) is 4.79 Å². The Morgan fingerprint density at radius 3 is 2.80 bits per heavy atom. The van der Waals surface area contributed by atoms with Gasteiger partial charge in [0.1, 0.15) is 0 Å². The van der Waals surface area contributed by atoms with Crippen LogP contribution in [0, 0.1) is 5.92 Å². The van der Waals surface area contributed by atoms with Gasteiger partial charge in [0.2, 0.25) is 0 Å². The molecule has 2 rings (SSSR count). The van der Waals surface area contributed by atoms with Crippen LogP contribution in [0.25, 0.3) is 0 Å². The Kier molecular flexibility index (Phi) is 6.10. The normalized spacial score (nSPS) is 33.9. The fraction of sp³-hybridized carbons (Fsp3) is 0.933. The number of nitrogens with one attached hydrogen (secondary N) is 2. The highest BCUT2D eigenvalue weighted by molar-refractivity contribution is 5.74. The van der Waals surface area contributed by atoms with Crippen molar-refractivity contribution in [1.29, 1.82) is 0 Å². The van der Waals surface area contributed by atoms with Crippen LogP contribution in [0.4, 0.5) is 4.79 Å². The second-order valence-corrected chi connectivity index (χ2v) is 6.13. The first kappa shape index (κ1) is 15.6. The van der Waals surface area contributed by atoms with Gasteiger partial charge in [0.25, 0.3) is 0 Å². The molecule has 0 bridgehead atoms. The first-order valence-electron chi connectivity index (χ1n) is 8.01. The molecule has 20 heavy (non-hydrogen) atoms. The Bertz CT molecular complexity index is 311. The maximum Gasteiger partial charge on any atom is 0.315 e. The second kappa shape index (κ2) is 7.84. The van der Waals surface area contributed by atoms with E-state index in [0.717, 1.165) is 45.1 Å². The summed E-state index contributed by atoms with van der Waals surface area (Å²) in [6.45, 7) is 3.39. The molecule has 5 heteroatoms. The van der Waals surface area contributed by atoms with E-state index in [1.54, 1.807) is 0 Å². The number of ether oxygens (including phenoxy) is 1. The lowest BCUT2D eigenvalue weighted by atomic mass is 9.83. The molecular weight excluding hydrogens is 256 g/mol. The van der Waals surface area contributed by atoms with Gasteiger partial charge in [-0.3, -0.25) is 0 Å². The lowest BCUT2D eigenvalue weighted by Crippen LogP contribution is -2.45. The van der Waals surface area contributed by atoms with Crippen LogP contribution in [0.1, 0.15) is 51.9 Å². The highest BCUT2D eigenvalue weighted by atomic mass is 16.5. The molecule has 1 aliphatic carbocycles. The zero-order valence-corrected chi connectivity index (χ0v) is 12.4. The van der Waals surface area contributed by atoms with E-state index in [0.29, 0.717) is 12.5 Å². The molecule has 3 N–H and O–H groups in total. The zero-order chi connectivity index (χ0) is 14.4. The molecule has 1 aliphatic heterocycles. The highest BCUT2D eigenvalue weighted by Gasteiger charge is 2.25. The number of carbonyl (C=O) groups excluding carboxylic acids is 1. The van der Waals surface area contributed by atoms with Gasteiger partial charge in [0.15, 0.2) is 0 Å². The standard InChI is InChI=1S/C15H28N2O3/c1-11-13(8-10-20-11)17-15(19)16-9-4-6-12-5-2-3-7-14(12)18/h11-14,18H,2-10H2,1H3,(H2,16,17,19). The number of rotatable bonds is 5. The summed E-state index contributed by atoms with van der Waals surface area (Å²) >= 11 is 0. The summed E-state index contributed by atoms with van der Waals surface area (Å²) in [5.41, 5.74) is 0. The number of hydrogen-bond acceptors (Lipinski definition) is 3. The van der Waals surface area contributed by atoms with Crippen molar-refractivity contribution >= 4 is 6.03 Å². The molecule has 0 spiro atoms. The minimum atomic E-state index is -0.130. The van der Waals surface area contributed by atoms with Gasteiger partial charge in [-0.2, -0.15) is 0 Å². The Labute approximate surface area is 121 Å². The van der Waals surface area contributed by atoms with E-state index >= 15 is 0 Å². The van der Waals surface area contributed by atoms with E-state index in [2.05, 4.69) is 10.6 Å². The minimum Gasteiger partial charge on any atom is -0.393 e. The van der Waals surface area contributed by atoms with Crippen LogP contribution >= 0.6 is 0 Å². The molecule has 1 saturated heterocycles. The minimum absolute atomic E-state index is 0.100. The molecule has 2 amide bonds. The van der Waals surface area contributed by atoms with Gasteiger partial charge in [-0.05, 0) is 44.9 Å². The van der Waals surface area contributed by atoms with Gasteiger partial charge < -0.3 is 20.5 Å². The summed E-state index contributed by atoms with van der Waals surface area (Å²) in [5, 5.41) is 15.7. The number of aliphatic hydroxyl groups is 1. The molecule has 5 nitrogen and oxygen atoms in total. The smallest absolute Gasteiger partial charge is 0.315 e. The summed E-state index contributed by atoms with van der Waals surface area (Å²) in [6, 6.07) is 0.0340. The third-order valence-electron chi connectivity index (χ3n) is 4.60. The molecule has 1 saturated carbocycles. The number of aliphatic hydroxyl groups excluding tert-OH is 1. The van der Waals surface area contributed by atoms with Crippen LogP contribution in [0.15, 0.2) is 0 Å². The highest BCUT2D eigenvalue weighted by Crippen LogP contribution is 2.27. The van der Waals surface area contributed by atoms with Crippen LogP contribution in [0.3, 0.4) is 0 Å². The summed E-state index contributed by atoms with van der Waals surface area (Å²) in [4.78, 5) is 11.7. The van der Waals surface area contributed by atoms with E-state index in [1.807, 2.05) is 6.92 Å². The predicted octanol–water partition coefficient (Wildman–Crippen LogP) is 1.79. The zero-order valence-electron chi connectivity index (χ0n) is 12.4. The first-order valence-corrected chi connectivity index (χ1v) is 8.01. The van der Waals surface area contributed by atoms with E-state index in [-0.39, 0.29) is 24.3 Å². The van der Waals surface area contributed by atoms with Crippen LogP contribution in [-0.4, -0.2) is 42.5 Å². The van der Waals surface area contributed by atoms with Crippen molar-refractivity contribution in [2.75, 3.05) is 13.2 Å².